The SMILES string of the molecule is O=C(O)CC1(COc2cc(Cl)c(Cl)cc2[N+](=O)[O-])CC1. The minimum atomic E-state index is -0.908. The molecular formula is C12H11Cl2NO5. The third kappa shape index (κ3) is 3.32. The normalized spacial score (nSPS) is 15.7. The minimum absolute atomic E-state index is 0.000985. The fourth-order valence-electron chi connectivity index (χ4n) is 1.88. The molecule has 1 fully saturated rings. The quantitative estimate of drug-likeness (QED) is 0.639. The van der Waals surface area contributed by atoms with Gasteiger partial charge in [0, 0.05) is 17.5 Å². The number of nitro benzene ring substituents is 1. The third-order valence-electron chi connectivity index (χ3n) is 3.22. The summed E-state index contributed by atoms with van der Waals surface area (Å²) < 4.78 is 5.41. The smallest absolute Gasteiger partial charge is 0.312 e. The van der Waals surface area contributed by atoms with Crippen LogP contribution < -0.4 is 4.74 Å². The Morgan fingerprint density at radius 3 is 2.50 bits per heavy atom. The van der Waals surface area contributed by atoms with Crippen LogP contribution in [-0.2, 0) is 4.79 Å². The Morgan fingerprint density at radius 1 is 1.40 bits per heavy atom. The molecule has 1 aromatic rings. The van der Waals surface area contributed by atoms with Crippen LogP contribution in [0.15, 0.2) is 12.1 Å². The van der Waals surface area contributed by atoms with Crippen LogP contribution in [0.2, 0.25) is 10.0 Å². The van der Waals surface area contributed by atoms with Crippen molar-refractivity contribution >= 4 is 34.9 Å². The largest absolute Gasteiger partial charge is 0.486 e. The van der Waals surface area contributed by atoms with Crippen molar-refractivity contribution in [3.8, 4) is 5.75 Å². The van der Waals surface area contributed by atoms with Crippen molar-refractivity contribution in [2.45, 2.75) is 19.3 Å². The fourth-order valence-corrected chi connectivity index (χ4v) is 2.19. The van der Waals surface area contributed by atoms with Gasteiger partial charge in [0.25, 0.3) is 0 Å². The van der Waals surface area contributed by atoms with Crippen molar-refractivity contribution in [2.24, 2.45) is 5.41 Å². The highest BCUT2D eigenvalue weighted by Crippen LogP contribution is 2.49. The molecule has 0 radical (unpaired) electrons. The Bertz CT molecular complexity index is 571. The lowest BCUT2D eigenvalue weighted by Crippen LogP contribution is -2.17. The first-order chi connectivity index (χ1) is 9.33. The number of halogens is 2. The number of rotatable bonds is 6. The zero-order valence-corrected chi connectivity index (χ0v) is 11.8. The van der Waals surface area contributed by atoms with E-state index in [1.165, 1.54) is 6.07 Å². The molecular weight excluding hydrogens is 309 g/mol. The highest BCUT2D eigenvalue weighted by molar-refractivity contribution is 6.42. The van der Waals surface area contributed by atoms with Crippen LogP contribution >= 0.6 is 23.2 Å². The van der Waals surface area contributed by atoms with Gasteiger partial charge >= 0.3 is 11.7 Å². The van der Waals surface area contributed by atoms with E-state index < -0.39 is 16.3 Å². The molecule has 20 heavy (non-hydrogen) atoms. The molecule has 108 valence electrons. The number of benzene rings is 1. The number of hydrogen-bond donors (Lipinski definition) is 1. The molecule has 1 aliphatic rings. The van der Waals surface area contributed by atoms with E-state index in [0.717, 1.165) is 18.9 Å². The second-order valence-electron chi connectivity index (χ2n) is 4.85. The van der Waals surface area contributed by atoms with Crippen molar-refractivity contribution in [2.75, 3.05) is 6.61 Å². The zero-order valence-electron chi connectivity index (χ0n) is 10.3. The van der Waals surface area contributed by atoms with Crippen LogP contribution in [0.5, 0.6) is 5.75 Å². The zero-order chi connectivity index (χ0) is 14.9. The Morgan fingerprint density at radius 2 is 2.00 bits per heavy atom. The molecule has 0 aromatic heterocycles. The van der Waals surface area contributed by atoms with Gasteiger partial charge in [-0.25, -0.2) is 0 Å². The number of hydrogen-bond acceptors (Lipinski definition) is 4. The lowest BCUT2D eigenvalue weighted by atomic mass is 10.0. The summed E-state index contributed by atoms with van der Waals surface area (Å²) >= 11 is 11.5. The second kappa shape index (κ2) is 5.46. The Hall–Kier alpha value is -1.53. The molecule has 2 rings (SSSR count). The summed E-state index contributed by atoms with van der Waals surface area (Å²) in [5.41, 5.74) is -0.711. The maximum atomic E-state index is 10.9. The van der Waals surface area contributed by atoms with Crippen LogP contribution in [0.1, 0.15) is 19.3 Å². The van der Waals surface area contributed by atoms with Gasteiger partial charge in [-0.2, -0.15) is 0 Å². The molecule has 6 nitrogen and oxygen atoms in total. The number of carboxylic acids is 1. The Kier molecular flexibility index (Phi) is 4.06. The van der Waals surface area contributed by atoms with E-state index in [1.807, 2.05) is 0 Å². The monoisotopic (exact) mass is 319 g/mol. The molecule has 1 aromatic carbocycles. The number of aliphatic carboxylic acids is 1. The molecule has 0 atom stereocenters. The van der Waals surface area contributed by atoms with Gasteiger partial charge in [-0.1, -0.05) is 23.2 Å². The lowest BCUT2D eigenvalue weighted by molar-refractivity contribution is -0.385. The molecule has 0 saturated heterocycles. The van der Waals surface area contributed by atoms with Crippen LogP contribution in [0.3, 0.4) is 0 Å². The molecule has 1 N–H and O–H groups in total. The van der Waals surface area contributed by atoms with Gasteiger partial charge in [0.15, 0.2) is 5.75 Å². The molecule has 8 heteroatoms. The highest BCUT2D eigenvalue weighted by atomic mass is 35.5. The lowest BCUT2D eigenvalue weighted by Gasteiger charge is -2.14. The summed E-state index contributed by atoms with van der Waals surface area (Å²) in [6.45, 7) is 0.109. The first-order valence-electron chi connectivity index (χ1n) is 5.81. The topological polar surface area (TPSA) is 89.7 Å². The number of carboxylic acid groups (broad SMARTS) is 1. The van der Waals surface area contributed by atoms with Crippen LogP contribution in [0.25, 0.3) is 0 Å². The third-order valence-corrected chi connectivity index (χ3v) is 3.94. The molecule has 1 aliphatic carbocycles. The predicted molar refractivity (Wildman–Crippen MR) is 72.5 cm³/mol. The van der Waals surface area contributed by atoms with Crippen LogP contribution in [0, 0.1) is 15.5 Å². The Balaban J connectivity index is 2.15. The van der Waals surface area contributed by atoms with Crippen molar-refractivity contribution in [1.29, 1.82) is 0 Å². The molecule has 0 spiro atoms. The van der Waals surface area contributed by atoms with E-state index in [4.69, 9.17) is 33.0 Å². The van der Waals surface area contributed by atoms with Gasteiger partial charge in [-0.05, 0) is 12.8 Å². The van der Waals surface area contributed by atoms with E-state index in [-0.39, 0.29) is 34.5 Å². The van der Waals surface area contributed by atoms with E-state index in [2.05, 4.69) is 0 Å². The van der Waals surface area contributed by atoms with E-state index >= 15 is 0 Å². The number of ether oxygens (including phenoxy) is 1. The van der Waals surface area contributed by atoms with Crippen LogP contribution in [0.4, 0.5) is 5.69 Å². The summed E-state index contributed by atoms with van der Waals surface area (Å²) in [4.78, 5) is 21.1. The van der Waals surface area contributed by atoms with Crippen molar-refractivity contribution in [3.63, 3.8) is 0 Å². The van der Waals surface area contributed by atoms with Crippen LogP contribution in [-0.4, -0.2) is 22.6 Å². The molecule has 1 saturated carbocycles. The molecule has 0 aliphatic heterocycles. The maximum Gasteiger partial charge on any atom is 0.312 e. The van der Waals surface area contributed by atoms with E-state index in [9.17, 15) is 14.9 Å². The van der Waals surface area contributed by atoms with Gasteiger partial charge < -0.3 is 9.84 Å². The summed E-state index contributed by atoms with van der Waals surface area (Å²) in [5.74, 6) is -0.907. The van der Waals surface area contributed by atoms with E-state index in [1.54, 1.807) is 0 Å². The highest BCUT2D eigenvalue weighted by Gasteiger charge is 2.45. The molecule has 0 amide bonds. The minimum Gasteiger partial charge on any atom is -0.486 e. The average Bonchev–Trinajstić information content (AvgIpc) is 3.09. The van der Waals surface area contributed by atoms with Crippen molar-refractivity contribution in [1.82, 2.24) is 0 Å². The van der Waals surface area contributed by atoms with Gasteiger partial charge in [-0.3, -0.25) is 14.9 Å². The number of nitro groups is 1. The molecule has 0 bridgehead atoms. The van der Waals surface area contributed by atoms with Crippen molar-refractivity contribution < 1.29 is 19.6 Å². The van der Waals surface area contributed by atoms with Gasteiger partial charge in [0.1, 0.15) is 0 Å². The standard InChI is InChI=1S/C12H11Cl2NO5/c13-7-3-9(15(18)19)10(4-8(7)14)20-6-12(1-2-12)5-11(16)17/h3-4H,1-2,5-6H2,(H,16,17). The first-order valence-corrected chi connectivity index (χ1v) is 6.57. The number of carbonyl (C=O) groups is 1. The summed E-state index contributed by atoms with van der Waals surface area (Å²) in [6.07, 6.45) is 1.45. The Labute approximate surface area is 124 Å². The molecule has 0 unspecified atom stereocenters. The summed E-state index contributed by atoms with van der Waals surface area (Å²) in [6, 6.07) is 2.40. The van der Waals surface area contributed by atoms with Gasteiger partial charge in [0.2, 0.25) is 0 Å². The second-order valence-corrected chi connectivity index (χ2v) is 5.66. The van der Waals surface area contributed by atoms with E-state index in [0.29, 0.717) is 0 Å². The van der Waals surface area contributed by atoms with Gasteiger partial charge in [0.05, 0.1) is 28.0 Å². The number of nitrogens with zero attached hydrogens (tertiary/aromatic N) is 1. The van der Waals surface area contributed by atoms with Crippen molar-refractivity contribution in [3.05, 3.63) is 32.3 Å². The molecule has 0 heterocycles. The maximum absolute atomic E-state index is 10.9. The fraction of sp³-hybridized carbons (Fsp3) is 0.417. The van der Waals surface area contributed by atoms with Gasteiger partial charge in [-0.15, -0.1) is 0 Å². The average molecular weight is 320 g/mol. The first kappa shape index (κ1) is 14.9. The summed E-state index contributed by atoms with van der Waals surface area (Å²) in [5, 5.41) is 20.0. The predicted octanol–water partition coefficient (Wildman–Crippen LogP) is 3.54. The summed E-state index contributed by atoms with van der Waals surface area (Å²) in [7, 11) is 0.